The molecule has 15 heavy (non-hydrogen) atoms. The van der Waals surface area contributed by atoms with E-state index in [9.17, 15) is 4.79 Å². The number of aliphatic carboxylic acids is 1. The Morgan fingerprint density at radius 1 is 1.20 bits per heavy atom. The van der Waals surface area contributed by atoms with E-state index in [0.29, 0.717) is 6.04 Å². The Morgan fingerprint density at radius 2 is 1.87 bits per heavy atom. The summed E-state index contributed by atoms with van der Waals surface area (Å²) in [6.45, 7) is 4.76. The van der Waals surface area contributed by atoms with Gasteiger partial charge in [-0.3, -0.25) is 4.79 Å². The van der Waals surface area contributed by atoms with Crippen molar-refractivity contribution in [1.82, 2.24) is 4.90 Å². The minimum atomic E-state index is -0.594. The van der Waals surface area contributed by atoms with Gasteiger partial charge in [0, 0.05) is 12.6 Å². The summed E-state index contributed by atoms with van der Waals surface area (Å²) in [6, 6.07) is 0.672. The molecule has 86 valence electrons. The van der Waals surface area contributed by atoms with Crippen molar-refractivity contribution < 1.29 is 9.90 Å². The van der Waals surface area contributed by atoms with Crippen LogP contribution in [0.2, 0.25) is 0 Å². The van der Waals surface area contributed by atoms with E-state index in [1.165, 1.54) is 19.5 Å². The van der Waals surface area contributed by atoms with Gasteiger partial charge in [-0.05, 0) is 44.6 Å². The third kappa shape index (κ3) is 2.51. The maximum Gasteiger partial charge on any atom is 0.306 e. The van der Waals surface area contributed by atoms with E-state index in [2.05, 4.69) is 11.8 Å². The molecule has 1 aliphatic heterocycles. The van der Waals surface area contributed by atoms with Crippen molar-refractivity contribution in [2.75, 3.05) is 13.1 Å². The Morgan fingerprint density at radius 3 is 2.33 bits per heavy atom. The summed E-state index contributed by atoms with van der Waals surface area (Å²) in [6.07, 6.45) is 5.25. The van der Waals surface area contributed by atoms with Gasteiger partial charge in [0.1, 0.15) is 0 Å². The van der Waals surface area contributed by atoms with Crippen molar-refractivity contribution in [3.05, 3.63) is 0 Å². The Bertz CT molecular complexity index is 234. The van der Waals surface area contributed by atoms with E-state index in [-0.39, 0.29) is 5.92 Å². The van der Waals surface area contributed by atoms with Gasteiger partial charge >= 0.3 is 5.97 Å². The van der Waals surface area contributed by atoms with E-state index < -0.39 is 5.97 Å². The Hall–Kier alpha value is -0.570. The monoisotopic (exact) mass is 211 g/mol. The summed E-state index contributed by atoms with van der Waals surface area (Å²) in [5, 5.41) is 8.92. The zero-order valence-corrected chi connectivity index (χ0v) is 9.48. The number of hydrogen-bond acceptors (Lipinski definition) is 2. The molecular formula is C12H21NO2. The average molecular weight is 211 g/mol. The first-order chi connectivity index (χ1) is 7.16. The van der Waals surface area contributed by atoms with Crippen LogP contribution in [-0.4, -0.2) is 35.1 Å². The standard InChI is InChI=1S/C12H21NO2/c1-9-6-7-13(8-9)11-4-2-10(3-5-11)12(14)15/h9-11H,2-8H2,1H3,(H,14,15). The van der Waals surface area contributed by atoms with Gasteiger partial charge < -0.3 is 10.0 Å². The van der Waals surface area contributed by atoms with E-state index >= 15 is 0 Å². The predicted molar refractivity (Wildman–Crippen MR) is 58.7 cm³/mol. The maximum absolute atomic E-state index is 10.8. The summed E-state index contributed by atoms with van der Waals surface area (Å²) in [4.78, 5) is 13.4. The topological polar surface area (TPSA) is 40.5 Å². The van der Waals surface area contributed by atoms with Crippen LogP contribution in [0.25, 0.3) is 0 Å². The lowest BCUT2D eigenvalue weighted by Gasteiger charge is -2.33. The molecule has 1 heterocycles. The second-order valence-corrected chi connectivity index (χ2v) is 5.23. The fraction of sp³-hybridized carbons (Fsp3) is 0.917. The van der Waals surface area contributed by atoms with E-state index in [4.69, 9.17) is 5.11 Å². The van der Waals surface area contributed by atoms with Gasteiger partial charge in [-0.25, -0.2) is 0 Å². The number of carboxylic acid groups (broad SMARTS) is 1. The fourth-order valence-corrected chi connectivity index (χ4v) is 2.99. The summed E-state index contributed by atoms with van der Waals surface area (Å²) in [5.74, 6) is 0.173. The first kappa shape index (κ1) is 10.9. The number of likely N-dealkylation sites (tertiary alicyclic amines) is 1. The highest BCUT2D eigenvalue weighted by Crippen LogP contribution is 2.30. The van der Waals surface area contributed by atoms with Gasteiger partial charge in [0.25, 0.3) is 0 Å². The average Bonchev–Trinajstić information content (AvgIpc) is 2.65. The van der Waals surface area contributed by atoms with Gasteiger partial charge in [0.05, 0.1) is 5.92 Å². The highest BCUT2D eigenvalue weighted by molar-refractivity contribution is 5.70. The van der Waals surface area contributed by atoms with E-state index in [0.717, 1.165) is 31.6 Å². The molecule has 0 aromatic rings. The van der Waals surface area contributed by atoms with E-state index in [1.54, 1.807) is 0 Å². The Labute approximate surface area is 91.5 Å². The second-order valence-electron chi connectivity index (χ2n) is 5.23. The van der Waals surface area contributed by atoms with Crippen molar-refractivity contribution in [3.63, 3.8) is 0 Å². The first-order valence-electron chi connectivity index (χ1n) is 6.13. The molecule has 2 rings (SSSR count). The van der Waals surface area contributed by atoms with Crippen LogP contribution in [-0.2, 0) is 4.79 Å². The molecule has 1 N–H and O–H groups in total. The minimum Gasteiger partial charge on any atom is -0.481 e. The molecule has 1 saturated heterocycles. The summed E-state index contributed by atoms with van der Waals surface area (Å²) in [7, 11) is 0. The molecular weight excluding hydrogens is 190 g/mol. The Balaban J connectivity index is 1.80. The number of carbonyl (C=O) groups is 1. The molecule has 1 unspecified atom stereocenters. The largest absolute Gasteiger partial charge is 0.481 e. The minimum absolute atomic E-state index is 0.0683. The molecule has 2 aliphatic rings. The molecule has 0 amide bonds. The summed E-state index contributed by atoms with van der Waals surface area (Å²) >= 11 is 0. The number of nitrogens with zero attached hydrogens (tertiary/aromatic N) is 1. The fourth-order valence-electron chi connectivity index (χ4n) is 2.99. The molecule has 0 bridgehead atoms. The third-order valence-electron chi connectivity index (χ3n) is 4.02. The van der Waals surface area contributed by atoms with Crippen LogP contribution in [0.1, 0.15) is 39.0 Å². The lowest BCUT2D eigenvalue weighted by Crippen LogP contribution is -2.37. The smallest absolute Gasteiger partial charge is 0.306 e. The van der Waals surface area contributed by atoms with Crippen LogP contribution in [0.3, 0.4) is 0 Å². The highest BCUT2D eigenvalue weighted by atomic mass is 16.4. The van der Waals surface area contributed by atoms with Crippen molar-refractivity contribution >= 4 is 5.97 Å². The van der Waals surface area contributed by atoms with Gasteiger partial charge in [0.2, 0.25) is 0 Å². The molecule has 1 saturated carbocycles. The molecule has 0 aromatic carbocycles. The highest BCUT2D eigenvalue weighted by Gasteiger charge is 2.31. The lowest BCUT2D eigenvalue weighted by molar-refractivity contribution is -0.143. The zero-order valence-electron chi connectivity index (χ0n) is 9.48. The lowest BCUT2D eigenvalue weighted by atomic mass is 9.85. The second kappa shape index (κ2) is 4.52. The zero-order chi connectivity index (χ0) is 10.8. The first-order valence-corrected chi connectivity index (χ1v) is 6.13. The van der Waals surface area contributed by atoms with Crippen molar-refractivity contribution in [1.29, 1.82) is 0 Å². The molecule has 0 radical (unpaired) electrons. The third-order valence-corrected chi connectivity index (χ3v) is 4.02. The Kier molecular flexibility index (Phi) is 3.29. The van der Waals surface area contributed by atoms with Crippen LogP contribution in [0, 0.1) is 11.8 Å². The summed E-state index contributed by atoms with van der Waals surface area (Å²) < 4.78 is 0. The number of hydrogen-bond donors (Lipinski definition) is 1. The van der Waals surface area contributed by atoms with Crippen molar-refractivity contribution in [2.24, 2.45) is 11.8 Å². The SMILES string of the molecule is CC1CCN(C2CCC(C(=O)O)CC2)C1. The van der Waals surface area contributed by atoms with Gasteiger partial charge in [-0.15, -0.1) is 0 Å². The van der Waals surface area contributed by atoms with Gasteiger partial charge in [-0.2, -0.15) is 0 Å². The van der Waals surface area contributed by atoms with E-state index in [1.807, 2.05) is 0 Å². The van der Waals surface area contributed by atoms with Crippen LogP contribution in [0.5, 0.6) is 0 Å². The molecule has 0 aromatic heterocycles. The van der Waals surface area contributed by atoms with Crippen LogP contribution in [0.4, 0.5) is 0 Å². The molecule has 1 aliphatic carbocycles. The van der Waals surface area contributed by atoms with Crippen molar-refractivity contribution in [3.8, 4) is 0 Å². The summed E-state index contributed by atoms with van der Waals surface area (Å²) in [5.41, 5.74) is 0. The van der Waals surface area contributed by atoms with Gasteiger partial charge in [0.15, 0.2) is 0 Å². The van der Waals surface area contributed by atoms with Crippen molar-refractivity contribution in [2.45, 2.75) is 45.1 Å². The van der Waals surface area contributed by atoms with Crippen LogP contribution < -0.4 is 0 Å². The van der Waals surface area contributed by atoms with Crippen LogP contribution in [0.15, 0.2) is 0 Å². The number of rotatable bonds is 2. The van der Waals surface area contributed by atoms with Gasteiger partial charge in [-0.1, -0.05) is 6.92 Å². The maximum atomic E-state index is 10.8. The normalized spacial score (nSPS) is 38.1. The molecule has 0 spiro atoms. The molecule has 1 atom stereocenters. The number of carboxylic acids is 1. The molecule has 3 heteroatoms. The quantitative estimate of drug-likeness (QED) is 0.759. The molecule has 3 nitrogen and oxygen atoms in total. The molecule has 2 fully saturated rings. The van der Waals surface area contributed by atoms with Crippen LogP contribution >= 0.6 is 0 Å². The predicted octanol–water partition coefficient (Wildman–Crippen LogP) is 1.97.